The number of aromatic nitrogens is 3. The molecule has 0 aliphatic carbocycles. The van der Waals surface area contributed by atoms with Gasteiger partial charge in [0.25, 0.3) is 0 Å². The topological polar surface area (TPSA) is 56.7 Å². The zero-order valence-electron chi connectivity index (χ0n) is 11.4. The number of hydrogen-bond acceptors (Lipinski definition) is 3. The fourth-order valence-electron chi connectivity index (χ4n) is 2.76. The van der Waals surface area contributed by atoms with Crippen LogP contribution in [0.1, 0.15) is 5.56 Å². The molecule has 0 radical (unpaired) electrons. The molecule has 4 aromatic rings. The zero-order chi connectivity index (χ0) is 14.2. The van der Waals surface area contributed by atoms with E-state index in [0.29, 0.717) is 5.95 Å². The Morgan fingerprint density at radius 2 is 1.67 bits per heavy atom. The van der Waals surface area contributed by atoms with Gasteiger partial charge < -0.3 is 10.3 Å². The van der Waals surface area contributed by atoms with Crippen molar-refractivity contribution in [3.05, 3.63) is 66.4 Å². The summed E-state index contributed by atoms with van der Waals surface area (Å²) in [5.41, 5.74) is 9.04. The van der Waals surface area contributed by atoms with Crippen LogP contribution >= 0.6 is 0 Å². The van der Waals surface area contributed by atoms with Crippen LogP contribution in [0.5, 0.6) is 0 Å². The van der Waals surface area contributed by atoms with Gasteiger partial charge >= 0.3 is 0 Å². The molecule has 2 aromatic heterocycles. The van der Waals surface area contributed by atoms with Crippen molar-refractivity contribution >= 4 is 27.9 Å². The van der Waals surface area contributed by atoms with E-state index < -0.39 is 0 Å². The van der Waals surface area contributed by atoms with Crippen LogP contribution in [0.4, 0.5) is 5.95 Å². The molecule has 4 nitrogen and oxygen atoms in total. The monoisotopic (exact) mass is 274 g/mol. The van der Waals surface area contributed by atoms with Gasteiger partial charge in [0.1, 0.15) is 5.65 Å². The third kappa shape index (κ3) is 1.92. The van der Waals surface area contributed by atoms with Crippen molar-refractivity contribution in [2.45, 2.75) is 6.54 Å². The molecular formula is C17H14N4. The molecule has 0 atom stereocenters. The molecule has 4 rings (SSSR count). The molecule has 2 N–H and O–H groups in total. The predicted octanol–water partition coefficient (Wildman–Crippen LogP) is 3.22. The number of para-hydroxylation sites is 1. The molecule has 21 heavy (non-hydrogen) atoms. The number of nitrogen functional groups attached to an aromatic ring is 1. The Labute approximate surface area is 121 Å². The van der Waals surface area contributed by atoms with Gasteiger partial charge in [0.05, 0.1) is 5.52 Å². The van der Waals surface area contributed by atoms with Gasteiger partial charge in [-0.05, 0) is 11.6 Å². The molecule has 0 aliphatic heterocycles. The second kappa shape index (κ2) is 4.59. The Hall–Kier alpha value is -2.88. The Morgan fingerprint density at radius 1 is 0.905 bits per heavy atom. The van der Waals surface area contributed by atoms with Crippen LogP contribution in [0, 0.1) is 0 Å². The number of nitrogens with zero attached hydrogens (tertiary/aromatic N) is 3. The average Bonchev–Trinajstić information content (AvgIpc) is 2.82. The summed E-state index contributed by atoms with van der Waals surface area (Å²) in [4.78, 5) is 8.57. The van der Waals surface area contributed by atoms with Crippen molar-refractivity contribution in [2.24, 2.45) is 0 Å². The predicted molar refractivity (Wildman–Crippen MR) is 85.0 cm³/mol. The Bertz CT molecular complexity index is 925. The van der Waals surface area contributed by atoms with Crippen molar-refractivity contribution in [1.29, 1.82) is 0 Å². The lowest BCUT2D eigenvalue weighted by Crippen LogP contribution is -2.02. The van der Waals surface area contributed by atoms with E-state index in [2.05, 4.69) is 38.8 Å². The van der Waals surface area contributed by atoms with Crippen LogP contribution in [0.2, 0.25) is 0 Å². The first-order chi connectivity index (χ1) is 10.3. The van der Waals surface area contributed by atoms with Crippen LogP contribution in [-0.4, -0.2) is 14.5 Å². The van der Waals surface area contributed by atoms with E-state index in [1.807, 2.05) is 36.5 Å². The van der Waals surface area contributed by atoms with E-state index in [1.54, 1.807) is 0 Å². The van der Waals surface area contributed by atoms with Gasteiger partial charge in [0.2, 0.25) is 5.95 Å². The highest BCUT2D eigenvalue weighted by Crippen LogP contribution is 2.28. The van der Waals surface area contributed by atoms with E-state index in [1.165, 1.54) is 5.56 Å². The van der Waals surface area contributed by atoms with Gasteiger partial charge in [0, 0.05) is 23.5 Å². The highest BCUT2D eigenvalue weighted by molar-refractivity contribution is 6.06. The lowest BCUT2D eigenvalue weighted by Gasteiger charge is -2.07. The summed E-state index contributed by atoms with van der Waals surface area (Å²) in [6, 6.07) is 18.6. The van der Waals surface area contributed by atoms with Crippen LogP contribution < -0.4 is 5.73 Å². The molecule has 0 spiro atoms. The molecule has 0 amide bonds. The smallest absolute Gasteiger partial charge is 0.221 e. The van der Waals surface area contributed by atoms with Gasteiger partial charge in [-0.3, -0.25) is 0 Å². The first kappa shape index (κ1) is 11.9. The van der Waals surface area contributed by atoms with E-state index in [0.717, 1.165) is 28.5 Å². The molecule has 0 bridgehead atoms. The first-order valence-electron chi connectivity index (χ1n) is 6.86. The minimum absolute atomic E-state index is 0.305. The van der Waals surface area contributed by atoms with E-state index in [-0.39, 0.29) is 0 Å². The molecule has 0 aliphatic rings. The lowest BCUT2D eigenvalue weighted by molar-refractivity contribution is 0.855. The third-order valence-electron chi connectivity index (χ3n) is 3.71. The van der Waals surface area contributed by atoms with Crippen molar-refractivity contribution < 1.29 is 0 Å². The number of hydrogen-bond donors (Lipinski definition) is 1. The first-order valence-corrected chi connectivity index (χ1v) is 6.86. The minimum Gasteiger partial charge on any atom is -0.368 e. The Balaban J connectivity index is 2.02. The molecule has 0 saturated heterocycles. The Morgan fingerprint density at radius 3 is 2.52 bits per heavy atom. The number of fused-ring (bicyclic) bond motifs is 3. The maximum absolute atomic E-state index is 5.77. The molecule has 4 heteroatoms. The maximum atomic E-state index is 5.77. The number of nitrogens with two attached hydrogens (primary N) is 1. The van der Waals surface area contributed by atoms with Crippen LogP contribution in [-0.2, 0) is 6.54 Å². The summed E-state index contributed by atoms with van der Waals surface area (Å²) in [6.45, 7) is 0.765. The third-order valence-corrected chi connectivity index (χ3v) is 3.71. The fraction of sp³-hybridized carbons (Fsp3) is 0.0588. The Kier molecular flexibility index (Phi) is 2.60. The fourth-order valence-corrected chi connectivity index (χ4v) is 2.76. The summed E-state index contributed by atoms with van der Waals surface area (Å²) in [7, 11) is 0. The van der Waals surface area contributed by atoms with Gasteiger partial charge in [-0.2, -0.15) is 4.98 Å². The van der Waals surface area contributed by atoms with Crippen molar-refractivity contribution in [3.63, 3.8) is 0 Å². The summed E-state index contributed by atoms with van der Waals surface area (Å²) in [5, 5.41) is 2.19. The van der Waals surface area contributed by atoms with Crippen LogP contribution in [0.15, 0.2) is 60.8 Å². The number of benzene rings is 2. The van der Waals surface area contributed by atoms with Gasteiger partial charge in [-0.1, -0.05) is 48.5 Å². The minimum atomic E-state index is 0.305. The highest BCUT2D eigenvalue weighted by Gasteiger charge is 2.12. The molecule has 0 fully saturated rings. The molecule has 102 valence electrons. The summed E-state index contributed by atoms with van der Waals surface area (Å²) in [6.07, 6.45) is 1.81. The maximum Gasteiger partial charge on any atom is 0.221 e. The van der Waals surface area contributed by atoms with Crippen molar-refractivity contribution in [3.8, 4) is 0 Å². The number of anilines is 1. The van der Waals surface area contributed by atoms with Crippen molar-refractivity contribution in [1.82, 2.24) is 14.5 Å². The second-order valence-electron chi connectivity index (χ2n) is 5.05. The SMILES string of the molecule is Nc1ncc2c3ccccc3n(Cc3ccccc3)c2n1. The quantitative estimate of drug-likeness (QED) is 0.610. The van der Waals surface area contributed by atoms with Gasteiger partial charge in [-0.15, -0.1) is 0 Å². The normalized spacial score (nSPS) is 11.2. The van der Waals surface area contributed by atoms with Crippen molar-refractivity contribution in [2.75, 3.05) is 5.73 Å². The van der Waals surface area contributed by atoms with E-state index >= 15 is 0 Å². The lowest BCUT2D eigenvalue weighted by atomic mass is 10.2. The standard InChI is InChI=1S/C17H14N4/c18-17-19-10-14-13-8-4-5-9-15(13)21(16(14)20-17)11-12-6-2-1-3-7-12/h1-10H,11H2,(H2,18,19,20). The average molecular weight is 274 g/mol. The van der Waals surface area contributed by atoms with E-state index in [4.69, 9.17) is 5.73 Å². The van der Waals surface area contributed by atoms with E-state index in [9.17, 15) is 0 Å². The summed E-state index contributed by atoms with van der Waals surface area (Å²) < 4.78 is 2.19. The molecule has 2 heterocycles. The summed E-state index contributed by atoms with van der Waals surface area (Å²) >= 11 is 0. The molecular weight excluding hydrogens is 260 g/mol. The number of rotatable bonds is 2. The van der Waals surface area contributed by atoms with Crippen LogP contribution in [0.3, 0.4) is 0 Å². The second-order valence-corrected chi connectivity index (χ2v) is 5.05. The zero-order valence-corrected chi connectivity index (χ0v) is 11.4. The van der Waals surface area contributed by atoms with Gasteiger partial charge in [-0.25, -0.2) is 4.98 Å². The highest BCUT2D eigenvalue weighted by atomic mass is 15.1. The summed E-state index contributed by atoms with van der Waals surface area (Å²) in [5.74, 6) is 0.305. The van der Waals surface area contributed by atoms with Gasteiger partial charge in [0.15, 0.2) is 0 Å². The largest absolute Gasteiger partial charge is 0.368 e. The molecule has 0 unspecified atom stereocenters. The van der Waals surface area contributed by atoms with Crippen LogP contribution in [0.25, 0.3) is 21.9 Å². The molecule has 0 saturated carbocycles. The molecule has 2 aromatic carbocycles.